The number of ketones is 1. The van der Waals surface area contributed by atoms with Crippen LogP contribution in [-0.4, -0.2) is 37.8 Å². The lowest BCUT2D eigenvalue weighted by molar-refractivity contribution is 0.0955. The monoisotopic (exact) mass is 414 g/mol. The number of phenols is 1. The Morgan fingerprint density at radius 3 is 2.65 bits per heavy atom. The molecule has 0 spiro atoms. The molecule has 0 unspecified atom stereocenters. The van der Waals surface area contributed by atoms with E-state index < -0.39 is 0 Å². The van der Waals surface area contributed by atoms with Crippen molar-refractivity contribution in [1.82, 2.24) is 19.8 Å². The first-order valence-electron chi connectivity index (χ1n) is 10.3. The van der Waals surface area contributed by atoms with Crippen LogP contribution in [-0.2, 0) is 12.8 Å². The summed E-state index contributed by atoms with van der Waals surface area (Å²) in [5.74, 6) is 0.704. The van der Waals surface area contributed by atoms with Crippen LogP contribution in [0.5, 0.6) is 11.5 Å². The summed E-state index contributed by atoms with van der Waals surface area (Å²) in [7, 11) is 1.64. The van der Waals surface area contributed by atoms with Crippen LogP contribution >= 0.6 is 0 Å². The minimum Gasteiger partial charge on any atom is -0.508 e. The van der Waals surface area contributed by atoms with Crippen LogP contribution in [0.25, 0.3) is 16.8 Å². The maximum Gasteiger partial charge on any atom is 0.185 e. The van der Waals surface area contributed by atoms with E-state index in [1.165, 1.54) is 0 Å². The molecule has 0 fully saturated rings. The van der Waals surface area contributed by atoms with Crippen molar-refractivity contribution in [2.24, 2.45) is 0 Å². The topological polar surface area (TPSA) is 89.6 Å². The molecular formula is C24H22N4O3. The average Bonchev–Trinajstić information content (AvgIpc) is 3.18. The van der Waals surface area contributed by atoms with Gasteiger partial charge < -0.3 is 9.84 Å². The number of hydrogen-bond acceptors (Lipinski definition) is 6. The van der Waals surface area contributed by atoms with E-state index >= 15 is 0 Å². The number of fused-ring (bicyclic) bond motifs is 3. The van der Waals surface area contributed by atoms with Gasteiger partial charge in [0, 0.05) is 17.9 Å². The van der Waals surface area contributed by atoms with Crippen molar-refractivity contribution in [2.75, 3.05) is 7.11 Å². The van der Waals surface area contributed by atoms with Crippen molar-refractivity contribution in [1.29, 1.82) is 0 Å². The summed E-state index contributed by atoms with van der Waals surface area (Å²) in [5.41, 5.74) is 5.08. The first-order chi connectivity index (χ1) is 15.1. The average molecular weight is 414 g/mol. The normalized spacial score (nSPS) is 15.8. The van der Waals surface area contributed by atoms with Crippen molar-refractivity contribution in [3.63, 3.8) is 0 Å². The van der Waals surface area contributed by atoms with Gasteiger partial charge in [0.15, 0.2) is 17.1 Å². The maximum absolute atomic E-state index is 12.9. The molecule has 2 heterocycles. The number of rotatable bonds is 4. The van der Waals surface area contributed by atoms with E-state index in [-0.39, 0.29) is 23.9 Å². The fourth-order valence-electron chi connectivity index (χ4n) is 4.44. The predicted molar refractivity (Wildman–Crippen MR) is 116 cm³/mol. The Hall–Kier alpha value is -3.74. The van der Waals surface area contributed by atoms with Gasteiger partial charge in [0.1, 0.15) is 11.5 Å². The molecule has 7 heteroatoms. The van der Waals surface area contributed by atoms with Gasteiger partial charge >= 0.3 is 0 Å². The molecule has 0 amide bonds. The number of phenolic OH excluding ortho intramolecular Hbond substituents is 1. The molecule has 5 rings (SSSR count). The number of methoxy groups -OCH3 is 1. The highest BCUT2D eigenvalue weighted by atomic mass is 16.5. The van der Waals surface area contributed by atoms with Gasteiger partial charge in [-0.25, -0.2) is 4.52 Å². The summed E-state index contributed by atoms with van der Waals surface area (Å²) in [4.78, 5) is 12.9. The highest BCUT2D eigenvalue weighted by Crippen LogP contribution is 2.39. The lowest BCUT2D eigenvalue weighted by Crippen LogP contribution is -2.24. The molecule has 0 saturated carbocycles. The molecule has 31 heavy (non-hydrogen) atoms. The number of aromatic nitrogens is 4. The van der Waals surface area contributed by atoms with Crippen molar-refractivity contribution < 1.29 is 14.6 Å². The Kier molecular flexibility index (Phi) is 4.66. The van der Waals surface area contributed by atoms with Gasteiger partial charge in [0.05, 0.1) is 24.1 Å². The summed E-state index contributed by atoms with van der Waals surface area (Å²) >= 11 is 0. The van der Waals surface area contributed by atoms with E-state index in [4.69, 9.17) is 9.84 Å². The van der Waals surface area contributed by atoms with Crippen LogP contribution in [0.15, 0.2) is 48.5 Å². The first-order valence-corrected chi connectivity index (χ1v) is 10.3. The van der Waals surface area contributed by atoms with E-state index in [0.29, 0.717) is 24.2 Å². The predicted octanol–water partition coefficient (Wildman–Crippen LogP) is 3.98. The zero-order valence-corrected chi connectivity index (χ0v) is 17.4. The SMILES string of the molecule is CCc1nn2c3c(nnc2c1-c1ccccc1OC)C(=O)C[C@@H](c1ccccc1O)C3. The number of aryl methyl sites for hydroxylation is 1. The van der Waals surface area contributed by atoms with Crippen LogP contribution in [0.4, 0.5) is 0 Å². The number of aromatic hydroxyl groups is 1. The summed E-state index contributed by atoms with van der Waals surface area (Å²) in [6.07, 6.45) is 1.52. The van der Waals surface area contributed by atoms with Crippen LogP contribution in [0, 0.1) is 0 Å². The van der Waals surface area contributed by atoms with Crippen LogP contribution < -0.4 is 4.74 Å². The second-order valence-corrected chi connectivity index (χ2v) is 7.69. The molecule has 0 radical (unpaired) electrons. The van der Waals surface area contributed by atoms with Crippen molar-refractivity contribution >= 4 is 11.4 Å². The van der Waals surface area contributed by atoms with Gasteiger partial charge in [-0.1, -0.05) is 43.3 Å². The molecule has 1 aliphatic carbocycles. The first kappa shape index (κ1) is 19.2. The Morgan fingerprint density at radius 2 is 1.87 bits per heavy atom. The van der Waals surface area contributed by atoms with Crippen molar-refractivity contribution in [2.45, 2.75) is 32.1 Å². The summed E-state index contributed by atoms with van der Waals surface area (Å²) in [5, 5.41) is 23.9. The van der Waals surface area contributed by atoms with Gasteiger partial charge in [0.25, 0.3) is 0 Å². The smallest absolute Gasteiger partial charge is 0.185 e. The molecule has 2 aromatic carbocycles. The highest BCUT2D eigenvalue weighted by molar-refractivity contribution is 5.97. The van der Waals surface area contributed by atoms with Crippen LogP contribution in [0.1, 0.15) is 46.7 Å². The van der Waals surface area contributed by atoms with Gasteiger partial charge in [0.2, 0.25) is 0 Å². The molecule has 0 aliphatic heterocycles. The van der Waals surface area contributed by atoms with E-state index in [1.807, 2.05) is 43.3 Å². The van der Waals surface area contributed by atoms with E-state index in [1.54, 1.807) is 23.8 Å². The van der Waals surface area contributed by atoms with Crippen LogP contribution in [0.3, 0.4) is 0 Å². The lowest BCUT2D eigenvalue weighted by Gasteiger charge is -2.23. The van der Waals surface area contributed by atoms with E-state index in [2.05, 4.69) is 10.2 Å². The quantitative estimate of drug-likeness (QED) is 0.543. The van der Waals surface area contributed by atoms with Gasteiger partial charge in [-0.2, -0.15) is 5.10 Å². The Labute approximate surface area is 179 Å². The molecule has 1 atom stereocenters. The highest BCUT2D eigenvalue weighted by Gasteiger charge is 2.33. The van der Waals surface area contributed by atoms with Crippen molar-refractivity contribution in [3.8, 4) is 22.6 Å². The number of carbonyl (C=O) groups is 1. The number of hydrogen-bond donors (Lipinski definition) is 1. The number of Topliss-reactive ketones (excluding diaryl/α,β-unsaturated/α-hetero) is 1. The maximum atomic E-state index is 12.9. The minimum absolute atomic E-state index is 0.0868. The standard InChI is InChI=1S/C24H22N4O3/c1-3-17-22(16-9-5-7-11-21(16)31-2)24-26-25-23-18(28(24)27-17)12-14(13-20(23)30)15-8-4-6-10-19(15)29/h4-11,14,29H,3,12-13H2,1-2H3/t14-/m0/s1. The molecule has 4 aromatic rings. The third-order valence-electron chi connectivity index (χ3n) is 5.93. The zero-order chi connectivity index (χ0) is 21.5. The molecule has 1 N–H and O–H groups in total. The Balaban J connectivity index is 1.71. The Bertz CT molecular complexity index is 1310. The second kappa shape index (κ2) is 7.50. The molecule has 2 aromatic heterocycles. The molecule has 7 nitrogen and oxygen atoms in total. The number of ether oxygens (including phenoxy) is 1. The second-order valence-electron chi connectivity index (χ2n) is 7.69. The van der Waals surface area contributed by atoms with Gasteiger partial charge in [-0.3, -0.25) is 4.79 Å². The van der Waals surface area contributed by atoms with Crippen molar-refractivity contribution in [3.05, 3.63) is 71.2 Å². The Morgan fingerprint density at radius 1 is 1.10 bits per heavy atom. The molecule has 0 saturated heterocycles. The van der Waals surface area contributed by atoms with E-state index in [9.17, 15) is 9.90 Å². The number of benzene rings is 2. The molecule has 0 bridgehead atoms. The number of nitrogens with zero attached hydrogens (tertiary/aromatic N) is 4. The minimum atomic E-state index is -0.141. The number of para-hydroxylation sites is 2. The summed E-state index contributed by atoms with van der Waals surface area (Å²) < 4.78 is 7.33. The van der Waals surface area contributed by atoms with E-state index in [0.717, 1.165) is 33.8 Å². The fraction of sp³-hybridized carbons (Fsp3) is 0.250. The fourth-order valence-corrected chi connectivity index (χ4v) is 4.44. The lowest BCUT2D eigenvalue weighted by atomic mass is 9.83. The zero-order valence-electron chi connectivity index (χ0n) is 17.4. The summed E-state index contributed by atoms with van der Waals surface area (Å²) in [6, 6.07) is 14.9. The molecule has 156 valence electrons. The third-order valence-corrected chi connectivity index (χ3v) is 5.93. The third kappa shape index (κ3) is 3.04. The van der Waals surface area contributed by atoms with Gasteiger partial charge in [-0.05, 0) is 30.5 Å². The summed E-state index contributed by atoms with van der Waals surface area (Å²) in [6.45, 7) is 2.04. The van der Waals surface area contributed by atoms with Crippen LogP contribution in [0.2, 0.25) is 0 Å². The van der Waals surface area contributed by atoms with Gasteiger partial charge in [-0.15, -0.1) is 10.2 Å². The molecular weight excluding hydrogens is 392 g/mol. The number of carbonyl (C=O) groups excluding carboxylic acids is 1. The molecule has 1 aliphatic rings. The largest absolute Gasteiger partial charge is 0.508 e.